The molecule has 0 N–H and O–H groups in total. The molecule has 0 heterocycles. The number of hydrogen-bond acceptors (Lipinski definition) is 1. The maximum absolute atomic E-state index is 9.57. The first-order valence-corrected chi connectivity index (χ1v) is 14.9. The fourth-order valence-corrected chi connectivity index (χ4v) is 5.36. The van der Waals surface area contributed by atoms with Gasteiger partial charge < -0.3 is 4.90 Å². The highest BCUT2D eigenvalue weighted by Gasteiger charge is 2.20. The van der Waals surface area contributed by atoms with E-state index in [1.54, 1.807) is 60.7 Å². The highest BCUT2D eigenvalue weighted by molar-refractivity contribution is 5.97. The van der Waals surface area contributed by atoms with E-state index in [1.165, 1.54) is 12.1 Å². The van der Waals surface area contributed by atoms with Crippen molar-refractivity contribution in [2.24, 2.45) is 0 Å². The van der Waals surface area contributed by atoms with E-state index in [0.29, 0.717) is 16.7 Å². The fourth-order valence-electron chi connectivity index (χ4n) is 5.36. The monoisotopic (exact) mass is 648 g/mol. The Morgan fingerprint density at radius 3 is 1.08 bits per heavy atom. The summed E-state index contributed by atoms with van der Waals surface area (Å²) in [5.74, 6) is 0. The first-order chi connectivity index (χ1) is 33.9. The van der Waals surface area contributed by atoms with Crippen LogP contribution in [0.2, 0.25) is 0 Å². The topological polar surface area (TPSA) is 3.24 Å². The van der Waals surface area contributed by atoms with Gasteiger partial charge in [0.15, 0.2) is 0 Å². The first kappa shape index (κ1) is 14.0. The van der Waals surface area contributed by atoms with Crippen LogP contribution < -0.4 is 4.90 Å². The number of para-hydroxylation sites is 1. The Hall–Kier alpha value is -6.44. The molecule has 8 aromatic rings. The molecule has 8 aromatic carbocycles. The maximum atomic E-state index is 9.57. The summed E-state index contributed by atoms with van der Waals surface area (Å²) < 4.78 is 202. The predicted octanol–water partition coefficient (Wildman–Crippen LogP) is 13.5. The maximum Gasteiger partial charge on any atom is 0.0645 e. The van der Waals surface area contributed by atoms with Crippen LogP contribution in [0.25, 0.3) is 55.6 Å². The Morgan fingerprint density at radius 2 is 0.612 bits per heavy atom. The van der Waals surface area contributed by atoms with E-state index >= 15 is 0 Å². The van der Waals surface area contributed by atoms with Gasteiger partial charge in [-0.05, 0) is 80.3 Å². The molecule has 0 atom stereocenters. The number of rotatable bonds is 8. The molecule has 0 aliphatic heterocycles. The summed E-state index contributed by atoms with van der Waals surface area (Å²) in [5.41, 5.74) is -2.90. The van der Waals surface area contributed by atoms with E-state index in [9.17, 15) is 11.0 Å². The number of nitrogens with zero attached hydrogens (tertiary/aromatic N) is 1. The van der Waals surface area contributed by atoms with Gasteiger partial charge in [0, 0.05) is 16.9 Å². The predicted molar refractivity (Wildman–Crippen MR) is 208 cm³/mol. The van der Waals surface area contributed by atoms with Gasteiger partial charge in [-0.3, -0.25) is 0 Å². The normalized spacial score (nSPS) is 17.4. The van der Waals surface area contributed by atoms with Crippen LogP contribution in [-0.2, 0) is 0 Å². The van der Waals surface area contributed by atoms with Crippen molar-refractivity contribution in [2.75, 3.05) is 4.90 Å². The van der Waals surface area contributed by atoms with Gasteiger partial charge in [-0.1, -0.05) is 182 Å². The van der Waals surface area contributed by atoms with Crippen molar-refractivity contribution in [2.45, 2.75) is 0 Å². The molecule has 0 aliphatic rings. The van der Waals surface area contributed by atoms with Crippen LogP contribution in [-0.4, -0.2) is 0 Å². The Morgan fingerprint density at radius 1 is 0.286 bits per heavy atom. The molecular formula is C48H35N. The third-order valence-corrected chi connectivity index (χ3v) is 7.52. The Kier molecular flexibility index (Phi) is 3.91. The zero-order valence-electron chi connectivity index (χ0n) is 48.4. The number of hydrogen-bond donors (Lipinski definition) is 0. The minimum absolute atomic E-state index is 0.113. The average molecular weight is 649 g/mol. The molecule has 0 amide bonds. The molecule has 0 saturated heterocycles. The van der Waals surface area contributed by atoms with Crippen LogP contribution in [0, 0.1) is 0 Å². The van der Waals surface area contributed by atoms with Gasteiger partial charge in [0.1, 0.15) is 0 Å². The molecule has 0 saturated carbocycles. The molecule has 0 unspecified atom stereocenters. The van der Waals surface area contributed by atoms with Crippen LogP contribution in [0.3, 0.4) is 0 Å². The van der Waals surface area contributed by atoms with Crippen molar-refractivity contribution in [3.63, 3.8) is 0 Å². The summed E-state index contributed by atoms with van der Waals surface area (Å²) in [7, 11) is 0. The van der Waals surface area contributed by atoms with Gasteiger partial charge in [0.2, 0.25) is 0 Å². The van der Waals surface area contributed by atoms with Crippen molar-refractivity contribution in [3.05, 3.63) is 212 Å². The van der Waals surface area contributed by atoms with Crippen LogP contribution in [0.15, 0.2) is 212 Å². The zero-order valence-corrected chi connectivity index (χ0v) is 25.4. The molecule has 0 spiro atoms. The largest absolute Gasteiger partial charge is 0.310 e. The van der Waals surface area contributed by atoms with Crippen LogP contribution in [0.1, 0.15) is 31.5 Å². The summed E-state index contributed by atoms with van der Waals surface area (Å²) in [6.07, 6.45) is 0. The highest BCUT2D eigenvalue weighted by Crippen LogP contribution is 2.45. The van der Waals surface area contributed by atoms with Crippen LogP contribution >= 0.6 is 0 Å². The van der Waals surface area contributed by atoms with E-state index in [2.05, 4.69) is 0 Å². The zero-order chi connectivity index (χ0) is 52.8. The van der Waals surface area contributed by atoms with Crippen molar-refractivity contribution in [1.29, 1.82) is 0 Å². The first-order valence-electron chi connectivity index (χ1n) is 26.4. The summed E-state index contributed by atoms with van der Waals surface area (Å²) in [4.78, 5) is 0.937. The smallest absolute Gasteiger partial charge is 0.0645 e. The average Bonchev–Trinajstić information content (AvgIpc) is 3.37. The molecule has 232 valence electrons. The standard InChI is InChI=1S/C48H35N/c1-4-16-36(17-5-1)38-28-32-41(33-29-38)49(42-34-30-39(31-35-42)37-18-6-2-7-19-37)48-27-15-14-26-47(48)46-25-13-12-24-45(46)44-23-11-10-22-43(44)40-20-8-3-9-21-40/h1-35H/i1D,2D,3D,4D,5D,6D,7D,8D,9D,16D,17D,18D,19D,20D,21D,28D,29D,30D,31D,32D,33D,34D,35D. The summed E-state index contributed by atoms with van der Waals surface area (Å²) in [6.45, 7) is 0. The van der Waals surface area contributed by atoms with E-state index in [-0.39, 0.29) is 22.4 Å². The van der Waals surface area contributed by atoms with Gasteiger partial charge >= 0.3 is 0 Å². The third kappa shape index (κ3) is 6.18. The SMILES string of the molecule is [2H]c1c([2H])c([2H])c(-c2ccccc2-c2ccccc2-c2ccccc2N(c2c([2H])c([2H])c(-c3c([2H])c([2H])c([2H])c([2H])c3[2H])c([2H])c2[2H])c2c([2H])c([2H])c(-c3c([2H])c([2H])c([2H])c([2H])c3[2H])c([2H])c2[2H])c([2H])c1[2H]. The molecule has 8 rings (SSSR count). The van der Waals surface area contributed by atoms with Gasteiger partial charge in [0.25, 0.3) is 0 Å². The molecular weight excluding hydrogens is 591 g/mol. The number of anilines is 3. The van der Waals surface area contributed by atoms with Crippen LogP contribution in [0.4, 0.5) is 17.1 Å². The van der Waals surface area contributed by atoms with Crippen molar-refractivity contribution < 1.29 is 31.5 Å². The van der Waals surface area contributed by atoms with Crippen molar-refractivity contribution >= 4 is 17.1 Å². The second-order valence-corrected chi connectivity index (χ2v) is 10.4. The van der Waals surface area contributed by atoms with Crippen molar-refractivity contribution in [3.8, 4) is 55.6 Å². The lowest BCUT2D eigenvalue weighted by Gasteiger charge is -2.29. The molecule has 49 heavy (non-hydrogen) atoms. The minimum Gasteiger partial charge on any atom is -0.310 e. The molecule has 0 aliphatic carbocycles. The molecule has 0 bridgehead atoms. The Labute approximate surface area is 321 Å². The highest BCUT2D eigenvalue weighted by atomic mass is 15.1. The summed E-state index contributed by atoms with van der Waals surface area (Å²) >= 11 is 0. The van der Waals surface area contributed by atoms with Crippen molar-refractivity contribution in [1.82, 2.24) is 0 Å². The van der Waals surface area contributed by atoms with Gasteiger partial charge in [-0.2, -0.15) is 0 Å². The Balaban J connectivity index is 1.50. The molecule has 0 fully saturated rings. The lowest BCUT2D eigenvalue weighted by Crippen LogP contribution is -2.11. The summed E-state index contributed by atoms with van der Waals surface area (Å²) in [5, 5.41) is 0. The lowest BCUT2D eigenvalue weighted by molar-refractivity contribution is 1.28. The molecule has 0 aromatic heterocycles. The quantitative estimate of drug-likeness (QED) is 0.158. The second kappa shape index (κ2) is 13.7. The second-order valence-electron chi connectivity index (χ2n) is 10.4. The van der Waals surface area contributed by atoms with Crippen LogP contribution in [0.5, 0.6) is 0 Å². The Bertz CT molecular complexity index is 3360. The fraction of sp³-hybridized carbons (Fsp3) is 0. The minimum atomic E-state index is -0.931. The molecule has 0 radical (unpaired) electrons. The lowest BCUT2D eigenvalue weighted by atomic mass is 9.88. The van der Waals surface area contributed by atoms with Gasteiger partial charge in [0.05, 0.1) is 37.2 Å². The molecule has 1 nitrogen and oxygen atoms in total. The molecule has 1 heteroatoms. The number of benzene rings is 8. The van der Waals surface area contributed by atoms with E-state index in [4.69, 9.17) is 20.6 Å². The third-order valence-electron chi connectivity index (χ3n) is 7.52. The van der Waals surface area contributed by atoms with Gasteiger partial charge in [-0.25, -0.2) is 0 Å². The van der Waals surface area contributed by atoms with E-state index < -0.39 is 173 Å². The van der Waals surface area contributed by atoms with E-state index in [1.807, 2.05) is 0 Å². The van der Waals surface area contributed by atoms with E-state index in [0.717, 1.165) is 4.90 Å². The summed E-state index contributed by atoms with van der Waals surface area (Å²) in [6, 6.07) is 0.812. The van der Waals surface area contributed by atoms with Gasteiger partial charge in [-0.15, -0.1) is 0 Å².